The molecule has 1 amide bonds. The van der Waals surface area contributed by atoms with Crippen molar-refractivity contribution in [2.45, 2.75) is 4.83 Å². The molecule has 0 aromatic rings. The summed E-state index contributed by atoms with van der Waals surface area (Å²) in [6, 6.07) is 0. The highest BCUT2D eigenvalue weighted by atomic mass is 79.9. The van der Waals surface area contributed by atoms with Crippen LogP contribution in [0.3, 0.4) is 0 Å². The molecule has 90 valence electrons. The number of halogens is 1. The third kappa shape index (κ3) is 10.1. The molecule has 0 aromatic heterocycles. The van der Waals surface area contributed by atoms with Crippen molar-refractivity contribution in [1.82, 2.24) is 5.32 Å². The fraction of sp³-hybridized carbons (Fsp3) is 0.889. The van der Waals surface area contributed by atoms with Gasteiger partial charge in [0, 0.05) is 20.8 Å². The Morgan fingerprint density at radius 3 is 2.67 bits per heavy atom. The van der Waals surface area contributed by atoms with Gasteiger partial charge in [-0.15, -0.1) is 0 Å². The molecule has 1 N–H and O–H groups in total. The molecule has 0 rings (SSSR count). The van der Waals surface area contributed by atoms with Crippen LogP contribution in [0.25, 0.3) is 0 Å². The molecule has 0 aliphatic heterocycles. The lowest BCUT2D eigenvalue weighted by molar-refractivity contribution is -0.126. The lowest BCUT2D eigenvalue weighted by atomic mass is 10.4. The largest absolute Gasteiger partial charge is 0.383 e. The van der Waals surface area contributed by atoms with E-state index < -0.39 is 0 Å². The van der Waals surface area contributed by atoms with Crippen LogP contribution in [0.4, 0.5) is 0 Å². The van der Waals surface area contributed by atoms with Crippen LogP contribution in [-0.2, 0) is 19.0 Å². The molecule has 0 aromatic carbocycles. The second kappa shape index (κ2) is 10.4. The van der Waals surface area contributed by atoms with E-state index in [0.717, 1.165) is 0 Å². The van der Waals surface area contributed by atoms with Crippen LogP contribution in [0.15, 0.2) is 0 Å². The van der Waals surface area contributed by atoms with E-state index in [1.165, 1.54) is 0 Å². The minimum atomic E-state index is -0.133. The highest BCUT2D eigenvalue weighted by molar-refractivity contribution is 9.09. The number of rotatable bonds is 9. The zero-order valence-electron chi connectivity index (χ0n) is 9.12. The number of hydrogen-bond acceptors (Lipinski definition) is 4. The van der Waals surface area contributed by atoms with Crippen LogP contribution in [0, 0.1) is 0 Å². The van der Waals surface area contributed by atoms with E-state index in [0.29, 0.717) is 26.4 Å². The van der Waals surface area contributed by atoms with Gasteiger partial charge >= 0.3 is 0 Å². The lowest BCUT2D eigenvalue weighted by Crippen LogP contribution is -2.34. The van der Waals surface area contributed by atoms with Gasteiger partial charge in [0.25, 0.3) is 0 Å². The summed E-state index contributed by atoms with van der Waals surface area (Å²) in [7, 11) is 3.20. The third-order valence-electron chi connectivity index (χ3n) is 1.53. The van der Waals surface area contributed by atoms with E-state index >= 15 is 0 Å². The summed E-state index contributed by atoms with van der Waals surface area (Å²) in [5.41, 5.74) is 0. The first-order chi connectivity index (χ1) is 7.20. The van der Waals surface area contributed by atoms with Crippen molar-refractivity contribution in [2.75, 3.05) is 47.2 Å². The van der Waals surface area contributed by atoms with Crippen LogP contribution >= 0.6 is 15.9 Å². The van der Waals surface area contributed by atoms with Gasteiger partial charge in [0.15, 0.2) is 0 Å². The average Bonchev–Trinajstić information content (AvgIpc) is 2.22. The summed E-state index contributed by atoms with van der Waals surface area (Å²) in [5, 5.41) is 2.71. The predicted octanol–water partition coefficient (Wildman–Crippen LogP) is 0.176. The van der Waals surface area contributed by atoms with E-state index in [1.807, 2.05) is 0 Å². The van der Waals surface area contributed by atoms with Gasteiger partial charge < -0.3 is 19.5 Å². The highest BCUT2D eigenvalue weighted by Gasteiger charge is 2.06. The Labute approximate surface area is 98.6 Å². The molecule has 15 heavy (non-hydrogen) atoms. The number of alkyl halides is 1. The molecule has 0 radical (unpaired) electrons. The fourth-order valence-corrected chi connectivity index (χ4v) is 1.25. The van der Waals surface area contributed by atoms with Gasteiger partial charge in [0.05, 0.1) is 24.6 Å². The molecule has 0 saturated heterocycles. The Kier molecular flexibility index (Phi) is 10.2. The maximum atomic E-state index is 11.2. The molecule has 0 fully saturated rings. The number of hydrogen-bond donors (Lipinski definition) is 1. The van der Waals surface area contributed by atoms with Gasteiger partial charge in [-0.05, 0) is 0 Å². The molecule has 0 heterocycles. The third-order valence-corrected chi connectivity index (χ3v) is 2.12. The van der Waals surface area contributed by atoms with Gasteiger partial charge in [-0.3, -0.25) is 4.79 Å². The molecule has 1 atom stereocenters. The van der Waals surface area contributed by atoms with Crippen molar-refractivity contribution in [3.63, 3.8) is 0 Å². The molecule has 0 spiro atoms. The minimum Gasteiger partial charge on any atom is -0.383 e. The standard InChI is InChI=1S/C9H18BrNO4/c1-13-3-4-15-7-9(12)11-5-8(10)6-14-2/h8H,3-7H2,1-2H3,(H,11,12). The summed E-state index contributed by atoms with van der Waals surface area (Å²) in [5.74, 6) is -0.133. The highest BCUT2D eigenvalue weighted by Crippen LogP contribution is 1.96. The van der Waals surface area contributed by atoms with Crippen molar-refractivity contribution < 1.29 is 19.0 Å². The van der Waals surface area contributed by atoms with Gasteiger partial charge in [-0.25, -0.2) is 0 Å². The first-order valence-corrected chi connectivity index (χ1v) is 5.58. The molecule has 0 aliphatic rings. The average molecular weight is 284 g/mol. The number of carbonyl (C=O) groups excluding carboxylic acids is 1. The molecular weight excluding hydrogens is 266 g/mol. The van der Waals surface area contributed by atoms with Crippen LogP contribution in [0.2, 0.25) is 0 Å². The van der Waals surface area contributed by atoms with E-state index in [4.69, 9.17) is 14.2 Å². The Balaban J connectivity index is 3.32. The van der Waals surface area contributed by atoms with Gasteiger partial charge in [0.1, 0.15) is 6.61 Å². The summed E-state index contributed by atoms with van der Waals surface area (Å²) >= 11 is 3.36. The summed E-state index contributed by atoms with van der Waals surface area (Å²) in [4.78, 5) is 11.3. The maximum absolute atomic E-state index is 11.2. The summed E-state index contributed by atoms with van der Waals surface area (Å²) < 4.78 is 14.7. The second-order valence-corrected chi connectivity index (χ2v) is 4.20. The predicted molar refractivity (Wildman–Crippen MR) is 60.3 cm³/mol. The van der Waals surface area contributed by atoms with E-state index in [1.54, 1.807) is 14.2 Å². The molecule has 5 nitrogen and oxygen atoms in total. The Hall–Kier alpha value is -0.170. The zero-order chi connectivity index (χ0) is 11.5. The first-order valence-electron chi connectivity index (χ1n) is 4.67. The summed E-state index contributed by atoms with van der Waals surface area (Å²) in [6.45, 7) is 2.08. The van der Waals surface area contributed by atoms with Crippen LogP contribution < -0.4 is 5.32 Å². The SMILES string of the molecule is COCCOCC(=O)NCC(Br)COC. The Bertz CT molecular complexity index is 168. The summed E-state index contributed by atoms with van der Waals surface area (Å²) in [6.07, 6.45) is 0. The van der Waals surface area contributed by atoms with Gasteiger partial charge in [0.2, 0.25) is 5.91 Å². The molecule has 0 bridgehead atoms. The topological polar surface area (TPSA) is 56.8 Å². The zero-order valence-corrected chi connectivity index (χ0v) is 10.7. The van der Waals surface area contributed by atoms with E-state index in [-0.39, 0.29) is 17.3 Å². The van der Waals surface area contributed by atoms with Crippen LogP contribution in [0.5, 0.6) is 0 Å². The fourth-order valence-electron chi connectivity index (χ4n) is 0.823. The quantitative estimate of drug-likeness (QED) is 0.484. The maximum Gasteiger partial charge on any atom is 0.246 e. The number of methoxy groups -OCH3 is 2. The van der Waals surface area contributed by atoms with Crippen molar-refractivity contribution in [3.05, 3.63) is 0 Å². The monoisotopic (exact) mass is 283 g/mol. The van der Waals surface area contributed by atoms with Crippen molar-refractivity contribution in [2.24, 2.45) is 0 Å². The van der Waals surface area contributed by atoms with Crippen molar-refractivity contribution in [3.8, 4) is 0 Å². The molecular formula is C9H18BrNO4. The number of nitrogens with one attached hydrogen (secondary N) is 1. The van der Waals surface area contributed by atoms with E-state index in [2.05, 4.69) is 21.2 Å². The second-order valence-electron chi connectivity index (χ2n) is 2.90. The van der Waals surface area contributed by atoms with Crippen molar-refractivity contribution in [1.29, 1.82) is 0 Å². The number of carbonyl (C=O) groups is 1. The number of ether oxygens (including phenoxy) is 3. The van der Waals surface area contributed by atoms with E-state index in [9.17, 15) is 4.79 Å². The van der Waals surface area contributed by atoms with Crippen LogP contribution in [-0.4, -0.2) is 57.9 Å². The molecule has 6 heteroatoms. The molecule has 0 aliphatic carbocycles. The number of amides is 1. The molecule has 0 saturated carbocycles. The lowest BCUT2D eigenvalue weighted by Gasteiger charge is -2.10. The Morgan fingerprint density at radius 2 is 2.07 bits per heavy atom. The first kappa shape index (κ1) is 14.8. The van der Waals surface area contributed by atoms with Gasteiger partial charge in [-0.1, -0.05) is 15.9 Å². The normalized spacial score (nSPS) is 12.5. The Morgan fingerprint density at radius 1 is 1.33 bits per heavy atom. The van der Waals surface area contributed by atoms with Crippen molar-refractivity contribution >= 4 is 21.8 Å². The minimum absolute atomic E-state index is 0.0655. The van der Waals surface area contributed by atoms with Crippen LogP contribution in [0.1, 0.15) is 0 Å². The van der Waals surface area contributed by atoms with Gasteiger partial charge in [-0.2, -0.15) is 0 Å². The smallest absolute Gasteiger partial charge is 0.246 e. The molecule has 1 unspecified atom stereocenters.